The predicted molar refractivity (Wildman–Crippen MR) is 146 cm³/mol. The van der Waals surface area contributed by atoms with E-state index in [-0.39, 0.29) is 0 Å². The zero-order valence-electron chi connectivity index (χ0n) is 20.7. The Balaban J connectivity index is 1.53. The van der Waals surface area contributed by atoms with Gasteiger partial charge in [-0.25, -0.2) is 0 Å². The molecule has 0 fully saturated rings. The van der Waals surface area contributed by atoms with Gasteiger partial charge in [-0.1, -0.05) is 84.9 Å². The molecule has 6 rings (SSSR count). The second-order valence-electron chi connectivity index (χ2n) is 9.26. The van der Waals surface area contributed by atoms with Gasteiger partial charge in [0.1, 0.15) is 23.3 Å². The summed E-state index contributed by atoms with van der Waals surface area (Å²) in [7, 11) is 1.69. The maximum Gasteiger partial charge on any atom is 0.145 e. The molecule has 0 aliphatic heterocycles. The maximum atomic E-state index is 9.61. The first-order valence-electron chi connectivity index (χ1n) is 12.3. The van der Waals surface area contributed by atoms with Crippen molar-refractivity contribution in [3.8, 4) is 34.4 Å². The summed E-state index contributed by atoms with van der Waals surface area (Å²) in [6.07, 6.45) is 0. The fourth-order valence-corrected chi connectivity index (χ4v) is 5.63. The van der Waals surface area contributed by atoms with Crippen LogP contribution >= 0.6 is 0 Å². The normalized spacial score (nSPS) is 12.8. The number of hydrogen-bond acceptors (Lipinski definition) is 3. The molecule has 0 spiro atoms. The summed E-state index contributed by atoms with van der Waals surface area (Å²) in [6.45, 7) is 1.92. The molecule has 0 amide bonds. The maximum absolute atomic E-state index is 9.61. The molecule has 1 aliphatic carbocycles. The fourth-order valence-electron chi connectivity index (χ4n) is 5.63. The Kier molecular flexibility index (Phi) is 5.51. The van der Waals surface area contributed by atoms with Crippen LogP contribution in [0.3, 0.4) is 0 Å². The summed E-state index contributed by atoms with van der Waals surface area (Å²) in [4.78, 5) is 0. The Bertz CT molecular complexity index is 1600. The van der Waals surface area contributed by atoms with Crippen LogP contribution in [0.4, 0.5) is 0 Å². The van der Waals surface area contributed by atoms with Crippen LogP contribution in [0.15, 0.2) is 115 Å². The summed E-state index contributed by atoms with van der Waals surface area (Å²) in [6, 6.07) is 41.9. The van der Waals surface area contributed by atoms with Gasteiger partial charge in [0.05, 0.1) is 18.1 Å². The average Bonchev–Trinajstić information content (AvgIpc) is 3.25. The van der Waals surface area contributed by atoms with E-state index in [1.54, 1.807) is 7.11 Å². The molecule has 0 bridgehead atoms. The van der Waals surface area contributed by atoms with Crippen LogP contribution in [0.1, 0.15) is 33.4 Å². The minimum absolute atomic E-state index is 0.487. The van der Waals surface area contributed by atoms with Gasteiger partial charge in [-0.15, -0.1) is 0 Å². The highest BCUT2D eigenvalue weighted by molar-refractivity contribution is 5.86. The Morgan fingerprint density at radius 2 is 1.16 bits per heavy atom. The van der Waals surface area contributed by atoms with Crippen molar-refractivity contribution >= 4 is 0 Å². The topological polar surface area (TPSA) is 42.2 Å². The number of fused-ring (bicyclic) bond motifs is 3. The number of nitriles is 1. The molecule has 1 aliphatic rings. The standard InChI is InChI=1S/C34H25NO2/c1-23-8-7-13-33(30(23)22-35)37-27-20-16-25(17-21-27)34(24-14-18-26(36-2)19-15-24)31-11-5-3-9-28(31)29-10-4-6-12-32(29)34/h3-21H,1-2H3. The first kappa shape index (κ1) is 22.6. The van der Waals surface area contributed by atoms with Crippen LogP contribution in [0.5, 0.6) is 17.2 Å². The van der Waals surface area contributed by atoms with Gasteiger partial charge in [0, 0.05) is 0 Å². The van der Waals surface area contributed by atoms with Gasteiger partial charge >= 0.3 is 0 Å². The van der Waals surface area contributed by atoms with Crippen LogP contribution < -0.4 is 9.47 Å². The first-order valence-corrected chi connectivity index (χ1v) is 12.3. The van der Waals surface area contributed by atoms with E-state index in [9.17, 15) is 5.26 Å². The zero-order chi connectivity index (χ0) is 25.4. The molecule has 5 aromatic rings. The van der Waals surface area contributed by atoms with Gasteiger partial charge in [0.25, 0.3) is 0 Å². The summed E-state index contributed by atoms with van der Waals surface area (Å²) >= 11 is 0. The van der Waals surface area contributed by atoms with Gasteiger partial charge in [0.2, 0.25) is 0 Å². The van der Waals surface area contributed by atoms with Crippen LogP contribution in [0, 0.1) is 18.3 Å². The number of methoxy groups -OCH3 is 1. The molecule has 0 unspecified atom stereocenters. The molecule has 0 N–H and O–H groups in total. The SMILES string of the molecule is COc1ccc(C2(c3ccc(Oc4cccc(C)c4C#N)cc3)c3ccccc3-c3ccccc32)cc1. The number of ether oxygens (including phenoxy) is 2. The lowest BCUT2D eigenvalue weighted by Crippen LogP contribution is -2.28. The van der Waals surface area contributed by atoms with E-state index in [4.69, 9.17) is 9.47 Å². The van der Waals surface area contributed by atoms with Crippen LogP contribution in [-0.2, 0) is 5.41 Å². The number of hydrogen-bond donors (Lipinski definition) is 0. The molecular weight excluding hydrogens is 454 g/mol. The van der Waals surface area contributed by atoms with E-state index in [1.165, 1.54) is 27.8 Å². The smallest absolute Gasteiger partial charge is 0.145 e. The van der Waals surface area contributed by atoms with Gasteiger partial charge in [-0.05, 0) is 76.2 Å². The van der Waals surface area contributed by atoms with E-state index in [0.29, 0.717) is 17.1 Å². The van der Waals surface area contributed by atoms with Crippen molar-refractivity contribution in [2.24, 2.45) is 0 Å². The highest BCUT2D eigenvalue weighted by Crippen LogP contribution is 2.56. The van der Waals surface area contributed by atoms with Crippen LogP contribution in [-0.4, -0.2) is 7.11 Å². The highest BCUT2D eigenvalue weighted by Gasteiger charge is 2.45. The molecule has 0 radical (unpaired) electrons. The second-order valence-corrected chi connectivity index (χ2v) is 9.26. The number of aryl methyl sites for hydroxylation is 1. The monoisotopic (exact) mass is 479 g/mol. The number of rotatable bonds is 5. The van der Waals surface area contributed by atoms with Crippen LogP contribution in [0.2, 0.25) is 0 Å². The van der Waals surface area contributed by atoms with E-state index < -0.39 is 5.41 Å². The summed E-state index contributed by atoms with van der Waals surface area (Å²) in [5.74, 6) is 2.08. The van der Waals surface area contributed by atoms with Crippen molar-refractivity contribution in [2.45, 2.75) is 12.3 Å². The third-order valence-corrected chi connectivity index (χ3v) is 7.34. The lowest BCUT2D eigenvalue weighted by Gasteiger charge is -2.34. The molecule has 3 nitrogen and oxygen atoms in total. The van der Waals surface area contributed by atoms with Crippen molar-refractivity contribution in [1.29, 1.82) is 5.26 Å². The molecule has 37 heavy (non-hydrogen) atoms. The Hall–Kier alpha value is -4.81. The molecule has 3 heteroatoms. The molecule has 0 heterocycles. The quantitative estimate of drug-likeness (QED) is 0.251. The largest absolute Gasteiger partial charge is 0.497 e. The van der Waals surface area contributed by atoms with Gasteiger partial charge in [-0.3, -0.25) is 0 Å². The van der Waals surface area contributed by atoms with Crippen molar-refractivity contribution < 1.29 is 9.47 Å². The second kappa shape index (κ2) is 9.00. The van der Waals surface area contributed by atoms with Crippen LogP contribution in [0.25, 0.3) is 11.1 Å². The molecule has 178 valence electrons. The Morgan fingerprint density at radius 3 is 1.70 bits per heavy atom. The molecule has 0 saturated carbocycles. The highest BCUT2D eigenvalue weighted by atomic mass is 16.5. The van der Waals surface area contributed by atoms with E-state index >= 15 is 0 Å². The Labute approximate surface area is 217 Å². The van der Waals surface area contributed by atoms with E-state index in [0.717, 1.165) is 16.9 Å². The first-order chi connectivity index (χ1) is 18.2. The molecule has 0 saturated heterocycles. The summed E-state index contributed by atoms with van der Waals surface area (Å²) in [5.41, 5.74) is 8.27. The lowest BCUT2D eigenvalue weighted by atomic mass is 9.68. The van der Waals surface area contributed by atoms with Gasteiger partial charge < -0.3 is 9.47 Å². The van der Waals surface area contributed by atoms with E-state index in [1.807, 2.05) is 49.4 Å². The number of benzene rings is 5. The third kappa shape index (κ3) is 3.50. The van der Waals surface area contributed by atoms with Gasteiger partial charge in [-0.2, -0.15) is 5.26 Å². The van der Waals surface area contributed by atoms with Crippen molar-refractivity contribution in [3.05, 3.63) is 149 Å². The fraction of sp³-hybridized carbons (Fsp3) is 0.0882. The lowest BCUT2D eigenvalue weighted by molar-refractivity contribution is 0.414. The Morgan fingerprint density at radius 1 is 0.622 bits per heavy atom. The van der Waals surface area contributed by atoms with Gasteiger partial charge in [0.15, 0.2) is 0 Å². The number of nitrogens with zero attached hydrogens (tertiary/aromatic N) is 1. The minimum atomic E-state index is -0.487. The molecular formula is C34H25NO2. The summed E-state index contributed by atoms with van der Waals surface area (Å²) in [5, 5.41) is 9.61. The molecule has 0 atom stereocenters. The van der Waals surface area contributed by atoms with Crippen molar-refractivity contribution in [3.63, 3.8) is 0 Å². The predicted octanol–water partition coefficient (Wildman–Crippen LogP) is 8.03. The average molecular weight is 480 g/mol. The zero-order valence-corrected chi connectivity index (χ0v) is 20.7. The van der Waals surface area contributed by atoms with Crippen molar-refractivity contribution in [1.82, 2.24) is 0 Å². The van der Waals surface area contributed by atoms with E-state index in [2.05, 4.69) is 78.9 Å². The third-order valence-electron chi connectivity index (χ3n) is 7.34. The minimum Gasteiger partial charge on any atom is -0.497 e. The van der Waals surface area contributed by atoms with Crippen molar-refractivity contribution in [2.75, 3.05) is 7.11 Å². The molecule has 5 aromatic carbocycles. The molecule has 0 aromatic heterocycles. The summed E-state index contributed by atoms with van der Waals surface area (Å²) < 4.78 is 11.6.